The van der Waals surface area contributed by atoms with Gasteiger partial charge in [-0.15, -0.1) is 0 Å². The fraction of sp³-hybridized carbons (Fsp3) is 0.250. The smallest absolute Gasteiger partial charge is 0.164 e. The van der Waals surface area contributed by atoms with E-state index in [1.165, 1.54) is 6.26 Å². The highest BCUT2D eigenvalue weighted by Gasteiger charge is 2.73. The third-order valence-corrected chi connectivity index (χ3v) is 8.52. The van der Waals surface area contributed by atoms with Crippen molar-refractivity contribution in [3.8, 4) is 0 Å². The van der Waals surface area contributed by atoms with Crippen LogP contribution in [0, 0.1) is 0 Å². The number of hydrogen-bond acceptors (Lipinski definition) is 2. The third kappa shape index (κ3) is 1.78. The largest absolute Gasteiger partial charge is 0.228 e. The number of rotatable bonds is 3. The Morgan fingerprint density at radius 3 is 1.60 bits per heavy atom. The molecule has 0 saturated heterocycles. The van der Waals surface area contributed by atoms with Gasteiger partial charge in [-0.05, 0) is 17.5 Å². The van der Waals surface area contributed by atoms with Crippen LogP contribution in [0.15, 0.2) is 60.7 Å². The number of benzene rings is 2. The lowest BCUT2D eigenvalue weighted by Crippen LogP contribution is -2.27. The Labute approximate surface area is 127 Å². The second-order valence-electron chi connectivity index (χ2n) is 5.31. The predicted octanol–water partition coefficient (Wildman–Crippen LogP) is 3.51. The molecule has 0 amide bonds. The zero-order valence-corrected chi connectivity index (χ0v) is 13.5. The molecule has 2 aromatic carbocycles. The lowest BCUT2D eigenvalue weighted by molar-refractivity contribution is 0.594. The van der Waals surface area contributed by atoms with Crippen LogP contribution in [-0.4, -0.2) is 18.3 Å². The first-order valence-electron chi connectivity index (χ1n) is 6.41. The van der Waals surface area contributed by atoms with Crippen LogP contribution in [0.4, 0.5) is 0 Å². The monoisotopic (exact) mass is 350 g/mol. The van der Waals surface area contributed by atoms with E-state index in [9.17, 15) is 8.42 Å². The van der Waals surface area contributed by atoms with E-state index in [1.54, 1.807) is 0 Å². The van der Waals surface area contributed by atoms with Gasteiger partial charge in [0.05, 0.1) is 5.41 Å². The zero-order valence-electron chi connectivity index (χ0n) is 11.1. The van der Waals surface area contributed by atoms with Crippen molar-refractivity contribution in [1.29, 1.82) is 0 Å². The Balaban J connectivity index is 2.24. The summed E-state index contributed by atoms with van der Waals surface area (Å²) in [7, 11) is -3.22. The first-order chi connectivity index (χ1) is 9.42. The summed E-state index contributed by atoms with van der Waals surface area (Å²) >= 11 is 3.52. The Morgan fingerprint density at radius 1 is 0.900 bits per heavy atom. The first-order valence-corrected chi connectivity index (χ1v) is 9.10. The molecular formula is C16H15BrO2S. The van der Waals surface area contributed by atoms with Crippen LogP contribution < -0.4 is 0 Å². The highest BCUT2D eigenvalue weighted by molar-refractivity contribution is 9.12. The quantitative estimate of drug-likeness (QED) is 0.793. The normalized spacial score (nSPS) is 24.3. The third-order valence-electron chi connectivity index (χ3n) is 4.13. The minimum absolute atomic E-state index is 0.497. The van der Waals surface area contributed by atoms with Crippen molar-refractivity contribution in [2.75, 3.05) is 6.26 Å². The van der Waals surface area contributed by atoms with Gasteiger partial charge in [0.2, 0.25) is 0 Å². The molecule has 0 N–H and O–H groups in total. The molecule has 2 aromatic rings. The van der Waals surface area contributed by atoms with Crippen LogP contribution in [0.3, 0.4) is 0 Å². The minimum atomic E-state index is -3.22. The summed E-state index contributed by atoms with van der Waals surface area (Å²) in [6.07, 6.45) is 1.86. The molecule has 0 aromatic heterocycles. The molecule has 0 spiro atoms. The van der Waals surface area contributed by atoms with Crippen molar-refractivity contribution in [1.82, 2.24) is 0 Å². The first kappa shape index (κ1) is 13.8. The van der Waals surface area contributed by atoms with Crippen molar-refractivity contribution >= 4 is 25.8 Å². The van der Waals surface area contributed by atoms with Crippen LogP contribution in [0.1, 0.15) is 17.5 Å². The van der Waals surface area contributed by atoms with Gasteiger partial charge in [0.15, 0.2) is 9.84 Å². The molecule has 3 rings (SSSR count). The number of halogens is 1. The lowest BCUT2D eigenvalue weighted by Gasteiger charge is -2.22. The second-order valence-corrected chi connectivity index (χ2v) is 9.43. The van der Waals surface area contributed by atoms with E-state index in [2.05, 4.69) is 15.9 Å². The van der Waals surface area contributed by atoms with Crippen LogP contribution in [0.2, 0.25) is 0 Å². The highest BCUT2D eigenvalue weighted by atomic mass is 79.9. The Hall–Kier alpha value is -1.13. The molecule has 0 heterocycles. The molecule has 1 unspecified atom stereocenters. The molecule has 1 fully saturated rings. The Kier molecular flexibility index (Phi) is 3.07. The maximum Gasteiger partial charge on any atom is 0.164 e. The van der Waals surface area contributed by atoms with E-state index in [0.29, 0.717) is 6.42 Å². The second kappa shape index (κ2) is 4.43. The molecule has 1 atom stereocenters. The van der Waals surface area contributed by atoms with Gasteiger partial charge in [-0.1, -0.05) is 76.6 Å². The van der Waals surface area contributed by atoms with Gasteiger partial charge < -0.3 is 0 Å². The maximum absolute atomic E-state index is 12.2. The molecule has 4 heteroatoms. The van der Waals surface area contributed by atoms with E-state index in [-0.39, 0.29) is 0 Å². The molecule has 20 heavy (non-hydrogen) atoms. The van der Waals surface area contributed by atoms with E-state index in [1.807, 2.05) is 60.7 Å². The lowest BCUT2D eigenvalue weighted by atomic mass is 9.88. The van der Waals surface area contributed by atoms with E-state index in [4.69, 9.17) is 0 Å². The van der Waals surface area contributed by atoms with Gasteiger partial charge in [-0.3, -0.25) is 0 Å². The van der Waals surface area contributed by atoms with Gasteiger partial charge in [-0.2, -0.15) is 0 Å². The van der Waals surface area contributed by atoms with Crippen molar-refractivity contribution < 1.29 is 8.42 Å². The van der Waals surface area contributed by atoms with Crippen LogP contribution in [-0.2, 0) is 15.3 Å². The molecular weight excluding hydrogens is 336 g/mol. The Morgan fingerprint density at radius 2 is 1.30 bits per heavy atom. The summed E-state index contributed by atoms with van der Waals surface area (Å²) in [5.74, 6) is 0. The number of hydrogen-bond donors (Lipinski definition) is 0. The minimum Gasteiger partial charge on any atom is -0.228 e. The summed E-state index contributed by atoms with van der Waals surface area (Å²) in [6.45, 7) is 0. The molecule has 2 nitrogen and oxygen atoms in total. The molecule has 104 valence electrons. The van der Waals surface area contributed by atoms with Gasteiger partial charge in [0.25, 0.3) is 0 Å². The van der Waals surface area contributed by atoms with Gasteiger partial charge in [0.1, 0.15) is 3.66 Å². The fourth-order valence-corrected chi connectivity index (χ4v) is 5.22. The maximum atomic E-state index is 12.2. The van der Waals surface area contributed by atoms with Crippen LogP contribution >= 0.6 is 15.9 Å². The van der Waals surface area contributed by atoms with Crippen LogP contribution in [0.25, 0.3) is 0 Å². The Bertz CT molecular complexity index is 686. The van der Waals surface area contributed by atoms with Crippen molar-refractivity contribution in [2.45, 2.75) is 15.5 Å². The summed E-state index contributed by atoms with van der Waals surface area (Å²) in [5, 5.41) is 0. The molecule has 0 radical (unpaired) electrons. The standard InChI is InChI=1S/C16H15BrO2S/c1-20(18,19)16(17)12-15(16,13-8-4-2-5-9-13)14-10-6-3-7-11-14/h2-11H,12H2,1H3. The van der Waals surface area contributed by atoms with Crippen molar-refractivity contribution in [3.05, 3.63) is 71.8 Å². The summed E-state index contributed by atoms with van der Waals surface area (Å²) in [6, 6.07) is 19.7. The van der Waals surface area contributed by atoms with Gasteiger partial charge in [0, 0.05) is 6.26 Å². The summed E-state index contributed by atoms with van der Waals surface area (Å²) in [5.41, 5.74) is 1.57. The number of alkyl halides is 1. The SMILES string of the molecule is CS(=O)(=O)C1(Br)CC1(c1ccccc1)c1ccccc1. The predicted molar refractivity (Wildman–Crippen MR) is 84.8 cm³/mol. The molecule has 0 bridgehead atoms. The molecule has 0 aliphatic heterocycles. The molecule has 1 aliphatic carbocycles. The summed E-state index contributed by atoms with van der Waals surface area (Å²) in [4.78, 5) is 0. The van der Waals surface area contributed by atoms with E-state index < -0.39 is 18.9 Å². The average Bonchev–Trinajstić information content (AvgIpc) is 3.10. The topological polar surface area (TPSA) is 34.1 Å². The number of sulfone groups is 1. The molecule has 1 saturated carbocycles. The van der Waals surface area contributed by atoms with E-state index in [0.717, 1.165) is 11.1 Å². The van der Waals surface area contributed by atoms with Crippen molar-refractivity contribution in [2.24, 2.45) is 0 Å². The zero-order chi connectivity index (χ0) is 14.4. The summed E-state index contributed by atoms with van der Waals surface area (Å²) < 4.78 is 23.6. The molecule has 1 aliphatic rings. The highest BCUT2D eigenvalue weighted by Crippen LogP contribution is 2.69. The van der Waals surface area contributed by atoms with Gasteiger partial charge in [-0.25, -0.2) is 8.42 Å². The fourth-order valence-electron chi connectivity index (χ4n) is 2.99. The van der Waals surface area contributed by atoms with Gasteiger partial charge >= 0.3 is 0 Å². The van der Waals surface area contributed by atoms with E-state index >= 15 is 0 Å². The van der Waals surface area contributed by atoms with Crippen molar-refractivity contribution in [3.63, 3.8) is 0 Å². The average molecular weight is 351 g/mol. The van der Waals surface area contributed by atoms with Crippen LogP contribution in [0.5, 0.6) is 0 Å².